The Hall–Kier alpha value is -0.750. The van der Waals surface area contributed by atoms with Crippen molar-refractivity contribution >= 4 is 34.2 Å². The second-order valence-electron chi connectivity index (χ2n) is 2.86. The molecule has 15 heavy (non-hydrogen) atoms. The Morgan fingerprint density at radius 3 is 2.60 bits per heavy atom. The molecule has 0 bridgehead atoms. The Morgan fingerprint density at radius 2 is 2.00 bits per heavy atom. The molecular formula is C8H7BrClF2N3. The molecule has 0 spiro atoms. The number of alkyl halides is 2. The van der Waals surface area contributed by atoms with Crippen molar-refractivity contribution in [3.05, 3.63) is 28.9 Å². The highest BCUT2D eigenvalue weighted by atomic mass is 79.9. The van der Waals surface area contributed by atoms with E-state index in [0.717, 1.165) is 0 Å². The van der Waals surface area contributed by atoms with Gasteiger partial charge in [0.2, 0.25) is 0 Å². The number of imidazole rings is 1. The first-order valence-corrected chi connectivity index (χ1v) is 4.25. The summed E-state index contributed by atoms with van der Waals surface area (Å²) in [6.07, 6.45) is 0.398. The Bertz CT molecular complexity index is 486. The van der Waals surface area contributed by atoms with E-state index in [9.17, 15) is 8.78 Å². The first-order valence-electron chi connectivity index (χ1n) is 3.88. The van der Waals surface area contributed by atoms with Crippen molar-refractivity contribution in [2.45, 2.75) is 13.3 Å². The minimum atomic E-state index is -2.67. The summed E-state index contributed by atoms with van der Waals surface area (Å²) in [6.45, 7) is 1.72. The van der Waals surface area contributed by atoms with E-state index in [4.69, 9.17) is 11.6 Å². The van der Waals surface area contributed by atoms with Crippen LogP contribution < -0.4 is 0 Å². The third-order valence-electron chi connectivity index (χ3n) is 1.76. The average molecular weight is 299 g/mol. The van der Waals surface area contributed by atoms with Gasteiger partial charge in [-0.1, -0.05) is 11.6 Å². The largest absolute Gasteiger partial charge is 0.302 e. The highest BCUT2D eigenvalue weighted by Gasteiger charge is 2.16. The molecule has 2 heterocycles. The number of aromatic nitrogens is 3. The lowest BCUT2D eigenvalue weighted by atomic mass is 10.4. The topological polar surface area (TPSA) is 30.2 Å². The lowest BCUT2D eigenvalue weighted by molar-refractivity contribution is 0.147. The van der Waals surface area contributed by atoms with Crippen LogP contribution in [0.2, 0.25) is 5.15 Å². The number of fused-ring (bicyclic) bond motifs is 1. The molecule has 0 atom stereocenters. The number of aryl methyl sites for hydroxylation is 1. The molecule has 2 rings (SSSR count). The molecule has 0 radical (unpaired) electrons. The summed E-state index contributed by atoms with van der Waals surface area (Å²) < 4.78 is 26.5. The second kappa shape index (κ2) is 4.40. The Labute approximate surface area is 99.9 Å². The van der Waals surface area contributed by atoms with Gasteiger partial charge in [0.25, 0.3) is 6.43 Å². The normalized spacial score (nSPS) is 10.7. The van der Waals surface area contributed by atoms with Gasteiger partial charge in [0.1, 0.15) is 5.15 Å². The van der Waals surface area contributed by atoms with Crippen molar-refractivity contribution in [1.29, 1.82) is 0 Å². The van der Waals surface area contributed by atoms with Crippen molar-refractivity contribution in [3.8, 4) is 0 Å². The maximum absolute atomic E-state index is 12.5. The monoisotopic (exact) mass is 297 g/mol. The zero-order valence-corrected chi connectivity index (χ0v) is 10.1. The molecule has 0 saturated heterocycles. The lowest BCUT2D eigenvalue weighted by Gasteiger charge is -2.01. The van der Waals surface area contributed by atoms with Crippen LogP contribution in [0.5, 0.6) is 0 Å². The van der Waals surface area contributed by atoms with E-state index >= 15 is 0 Å². The van der Waals surface area contributed by atoms with Crippen molar-refractivity contribution in [2.24, 2.45) is 0 Å². The summed E-state index contributed by atoms with van der Waals surface area (Å²) in [5.41, 5.74) is 0.420. The predicted octanol–water partition coefficient (Wildman–Crippen LogP) is 3.21. The quantitative estimate of drug-likeness (QED) is 0.809. The zero-order chi connectivity index (χ0) is 10.3. The summed E-state index contributed by atoms with van der Waals surface area (Å²) in [5, 5.41) is 0.0326. The van der Waals surface area contributed by atoms with E-state index in [1.54, 1.807) is 13.1 Å². The Morgan fingerprint density at radius 1 is 1.33 bits per heavy atom. The SMILES string of the molecule is Br.Cc1cn2cc(Cl)nc(C(F)F)c2n1. The highest BCUT2D eigenvalue weighted by molar-refractivity contribution is 8.93. The number of hydrogen-bond acceptors (Lipinski definition) is 2. The fourth-order valence-electron chi connectivity index (χ4n) is 1.26. The smallest absolute Gasteiger partial charge is 0.284 e. The molecule has 0 fully saturated rings. The molecule has 0 aliphatic rings. The van der Waals surface area contributed by atoms with Crippen LogP contribution in [0.25, 0.3) is 5.65 Å². The van der Waals surface area contributed by atoms with E-state index in [1.165, 1.54) is 10.6 Å². The van der Waals surface area contributed by atoms with Crippen LogP contribution in [0.1, 0.15) is 17.8 Å². The standard InChI is InChI=1S/C8H6ClF2N3.BrH/c1-4-2-14-3-5(9)13-6(7(10)11)8(14)12-4;/h2-3,7H,1H3;1H. The second-order valence-corrected chi connectivity index (χ2v) is 3.25. The molecule has 2 aromatic rings. The van der Waals surface area contributed by atoms with Crippen LogP contribution in [-0.2, 0) is 0 Å². The summed E-state index contributed by atoms with van der Waals surface area (Å²) in [5.74, 6) is 0. The molecular weight excluding hydrogens is 291 g/mol. The number of nitrogens with zero attached hydrogens (tertiary/aromatic N) is 3. The minimum absolute atomic E-state index is 0. The van der Waals surface area contributed by atoms with E-state index in [-0.39, 0.29) is 33.5 Å². The zero-order valence-electron chi connectivity index (χ0n) is 7.62. The first kappa shape index (κ1) is 12.3. The minimum Gasteiger partial charge on any atom is -0.302 e. The van der Waals surface area contributed by atoms with Gasteiger partial charge in [-0.2, -0.15) is 0 Å². The van der Waals surface area contributed by atoms with Gasteiger partial charge < -0.3 is 4.40 Å². The summed E-state index contributed by atoms with van der Waals surface area (Å²) in [7, 11) is 0. The molecule has 0 unspecified atom stereocenters. The fourth-order valence-corrected chi connectivity index (χ4v) is 1.46. The lowest BCUT2D eigenvalue weighted by Crippen LogP contribution is -1.97. The van der Waals surface area contributed by atoms with Gasteiger partial charge >= 0.3 is 0 Å². The van der Waals surface area contributed by atoms with Crippen LogP contribution in [0.15, 0.2) is 12.4 Å². The summed E-state index contributed by atoms with van der Waals surface area (Å²) in [6, 6.07) is 0. The van der Waals surface area contributed by atoms with Crippen molar-refractivity contribution in [3.63, 3.8) is 0 Å². The maximum atomic E-state index is 12.5. The summed E-state index contributed by atoms with van der Waals surface area (Å²) in [4.78, 5) is 7.48. The number of hydrogen-bond donors (Lipinski definition) is 0. The van der Waals surface area contributed by atoms with E-state index in [2.05, 4.69) is 9.97 Å². The molecule has 0 amide bonds. The maximum Gasteiger partial charge on any atom is 0.284 e. The van der Waals surface area contributed by atoms with Crippen LogP contribution in [0, 0.1) is 6.92 Å². The molecule has 7 heteroatoms. The van der Waals surface area contributed by atoms with Gasteiger partial charge in [0.05, 0.1) is 5.69 Å². The van der Waals surface area contributed by atoms with Crippen LogP contribution in [0.3, 0.4) is 0 Å². The first-order chi connectivity index (χ1) is 6.58. The van der Waals surface area contributed by atoms with Gasteiger partial charge in [-0.25, -0.2) is 18.7 Å². The van der Waals surface area contributed by atoms with Gasteiger partial charge in [0.15, 0.2) is 11.3 Å². The molecule has 0 aliphatic carbocycles. The molecule has 2 aromatic heterocycles. The van der Waals surface area contributed by atoms with Crippen molar-refractivity contribution < 1.29 is 8.78 Å². The fraction of sp³-hybridized carbons (Fsp3) is 0.250. The number of rotatable bonds is 1. The van der Waals surface area contributed by atoms with Crippen molar-refractivity contribution in [1.82, 2.24) is 14.4 Å². The molecule has 0 aromatic carbocycles. The molecule has 0 aliphatic heterocycles. The van der Waals surface area contributed by atoms with Crippen LogP contribution >= 0.6 is 28.6 Å². The van der Waals surface area contributed by atoms with E-state index in [0.29, 0.717) is 5.69 Å². The van der Waals surface area contributed by atoms with E-state index in [1.807, 2.05) is 0 Å². The Balaban J connectivity index is 0.00000112. The predicted molar refractivity (Wildman–Crippen MR) is 58.0 cm³/mol. The van der Waals surface area contributed by atoms with Gasteiger partial charge in [-0.3, -0.25) is 0 Å². The molecule has 0 saturated carbocycles. The van der Waals surface area contributed by atoms with Crippen molar-refractivity contribution in [2.75, 3.05) is 0 Å². The number of halogens is 4. The molecule has 82 valence electrons. The molecule has 0 N–H and O–H groups in total. The van der Waals surface area contributed by atoms with Gasteiger partial charge in [-0.05, 0) is 6.92 Å². The third-order valence-corrected chi connectivity index (χ3v) is 1.94. The van der Waals surface area contributed by atoms with Crippen LogP contribution in [-0.4, -0.2) is 14.4 Å². The van der Waals surface area contributed by atoms with Gasteiger partial charge in [-0.15, -0.1) is 17.0 Å². The molecule has 3 nitrogen and oxygen atoms in total. The van der Waals surface area contributed by atoms with E-state index < -0.39 is 6.43 Å². The Kier molecular flexibility index (Phi) is 3.62. The average Bonchev–Trinajstić information content (AvgIpc) is 2.42. The summed E-state index contributed by atoms with van der Waals surface area (Å²) >= 11 is 5.58. The van der Waals surface area contributed by atoms with Crippen LogP contribution in [0.4, 0.5) is 8.78 Å². The van der Waals surface area contributed by atoms with Gasteiger partial charge in [0, 0.05) is 12.4 Å². The highest BCUT2D eigenvalue weighted by Crippen LogP contribution is 2.23. The third kappa shape index (κ3) is 2.26.